The van der Waals surface area contributed by atoms with E-state index in [4.69, 9.17) is 15.2 Å². The van der Waals surface area contributed by atoms with Crippen molar-refractivity contribution in [2.45, 2.75) is 5.92 Å². The standard InChI is InChI=1S/C12H15NO2/c1-14-10-5-6-11(15-2)12-8(7-13)3-4-9(10)12/h3-6,8H,7,13H2,1-2H3. The predicted octanol–water partition coefficient (Wildman–Crippen LogP) is 1.77. The number of nitrogens with two attached hydrogens (primary N) is 1. The summed E-state index contributed by atoms with van der Waals surface area (Å²) in [6.45, 7) is 0.590. The van der Waals surface area contributed by atoms with Gasteiger partial charge in [-0.3, -0.25) is 0 Å². The third kappa shape index (κ3) is 1.49. The molecule has 0 spiro atoms. The summed E-state index contributed by atoms with van der Waals surface area (Å²) in [6, 6.07) is 3.84. The van der Waals surface area contributed by atoms with Gasteiger partial charge in [-0.1, -0.05) is 12.2 Å². The Labute approximate surface area is 89.5 Å². The lowest BCUT2D eigenvalue weighted by atomic mass is 9.99. The summed E-state index contributed by atoms with van der Waals surface area (Å²) in [6.07, 6.45) is 4.14. The van der Waals surface area contributed by atoms with Gasteiger partial charge in [-0.15, -0.1) is 0 Å². The summed E-state index contributed by atoms with van der Waals surface area (Å²) in [4.78, 5) is 0. The highest BCUT2D eigenvalue weighted by molar-refractivity contribution is 5.71. The second-order valence-electron chi connectivity index (χ2n) is 3.50. The molecule has 80 valence electrons. The van der Waals surface area contributed by atoms with Crippen molar-refractivity contribution in [3.8, 4) is 11.5 Å². The van der Waals surface area contributed by atoms with E-state index in [9.17, 15) is 0 Å². The number of rotatable bonds is 3. The molecule has 1 unspecified atom stereocenters. The van der Waals surface area contributed by atoms with Gasteiger partial charge in [-0.05, 0) is 12.1 Å². The van der Waals surface area contributed by atoms with Gasteiger partial charge >= 0.3 is 0 Å². The number of hydrogen-bond acceptors (Lipinski definition) is 3. The summed E-state index contributed by atoms with van der Waals surface area (Å²) >= 11 is 0. The topological polar surface area (TPSA) is 44.5 Å². The van der Waals surface area contributed by atoms with E-state index in [0.717, 1.165) is 22.6 Å². The smallest absolute Gasteiger partial charge is 0.126 e. The molecule has 0 bridgehead atoms. The van der Waals surface area contributed by atoms with Gasteiger partial charge in [0.15, 0.2) is 0 Å². The molecule has 0 radical (unpaired) electrons. The Bertz CT molecular complexity index is 399. The lowest BCUT2D eigenvalue weighted by Gasteiger charge is -2.15. The van der Waals surface area contributed by atoms with Crippen LogP contribution in [0.15, 0.2) is 18.2 Å². The average molecular weight is 205 g/mol. The molecule has 1 aromatic rings. The van der Waals surface area contributed by atoms with E-state index < -0.39 is 0 Å². The van der Waals surface area contributed by atoms with Gasteiger partial charge in [-0.2, -0.15) is 0 Å². The van der Waals surface area contributed by atoms with Crippen molar-refractivity contribution in [3.63, 3.8) is 0 Å². The van der Waals surface area contributed by atoms with E-state index in [1.807, 2.05) is 18.2 Å². The van der Waals surface area contributed by atoms with Crippen LogP contribution in [0.4, 0.5) is 0 Å². The maximum atomic E-state index is 5.72. The van der Waals surface area contributed by atoms with Crippen LogP contribution in [0.1, 0.15) is 17.0 Å². The summed E-state index contributed by atoms with van der Waals surface area (Å²) in [7, 11) is 3.35. The molecule has 1 aliphatic carbocycles. The third-order valence-electron chi connectivity index (χ3n) is 2.77. The zero-order chi connectivity index (χ0) is 10.8. The molecular formula is C12H15NO2. The second-order valence-corrected chi connectivity index (χ2v) is 3.50. The van der Waals surface area contributed by atoms with Crippen LogP contribution in [0.25, 0.3) is 6.08 Å². The van der Waals surface area contributed by atoms with Crippen molar-refractivity contribution >= 4 is 6.08 Å². The second kappa shape index (κ2) is 3.95. The minimum atomic E-state index is 0.241. The summed E-state index contributed by atoms with van der Waals surface area (Å²) in [5.74, 6) is 1.99. The zero-order valence-corrected chi connectivity index (χ0v) is 8.99. The summed E-state index contributed by atoms with van der Waals surface area (Å²) in [5.41, 5.74) is 7.94. The van der Waals surface area contributed by atoms with E-state index in [2.05, 4.69) is 6.08 Å². The highest BCUT2D eigenvalue weighted by Crippen LogP contribution is 2.41. The first-order chi connectivity index (χ1) is 7.31. The molecule has 15 heavy (non-hydrogen) atoms. The van der Waals surface area contributed by atoms with Crippen molar-refractivity contribution in [3.05, 3.63) is 29.3 Å². The van der Waals surface area contributed by atoms with E-state index in [0.29, 0.717) is 6.54 Å². The number of benzene rings is 1. The van der Waals surface area contributed by atoms with Crippen molar-refractivity contribution in [2.75, 3.05) is 20.8 Å². The van der Waals surface area contributed by atoms with Crippen LogP contribution in [0.3, 0.4) is 0 Å². The molecule has 1 aliphatic rings. The first-order valence-corrected chi connectivity index (χ1v) is 4.95. The van der Waals surface area contributed by atoms with Gasteiger partial charge in [0, 0.05) is 23.6 Å². The maximum Gasteiger partial charge on any atom is 0.126 e. The van der Waals surface area contributed by atoms with E-state index >= 15 is 0 Å². The highest BCUT2D eigenvalue weighted by atomic mass is 16.5. The molecule has 0 fully saturated rings. The Balaban J connectivity index is 2.56. The van der Waals surface area contributed by atoms with Crippen LogP contribution < -0.4 is 15.2 Å². The van der Waals surface area contributed by atoms with Gasteiger partial charge in [0.25, 0.3) is 0 Å². The Morgan fingerprint density at radius 3 is 2.47 bits per heavy atom. The molecule has 3 heteroatoms. The van der Waals surface area contributed by atoms with E-state index in [1.165, 1.54) is 0 Å². The lowest BCUT2D eigenvalue weighted by molar-refractivity contribution is 0.397. The Hall–Kier alpha value is -1.48. The van der Waals surface area contributed by atoms with Crippen molar-refractivity contribution in [2.24, 2.45) is 5.73 Å². The number of ether oxygens (including phenoxy) is 2. The lowest BCUT2D eigenvalue weighted by Crippen LogP contribution is -2.10. The molecular weight excluding hydrogens is 190 g/mol. The highest BCUT2D eigenvalue weighted by Gasteiger charge is 2.23. The van der Waals surface area contributed by atoms with Gasteiger partial charge < -0.3 is 15.2 Å². The monoisotopic (exact) mass is 205 g/mol. The Kier molecular flexibility index (Phi) is 2.64. The van der Waals surface area contributed by atoms with Gasteiger partial charge in [0.2, 0.25) is 0 Å². The summed E-state index contributed by atoms with van der Waals surface area (Å²) in [5, 5.41) is 0. The predicted molar refractivity (Wildman–Crippen MR) is 60.4 cm³/mol. The van der Waals surface area contributed by atoms with Crippen LogP contribution >= 0.6 is 0 Å². The maximum absolute atomic E-state index is 5.72. The minimum absolute atomic E-state index is 0.241. The molecule has 0 saturated carbocycles. The number of fused-ring (bicyclic) bond motifs is 1. The normalized spacial score (nSPS) is 17.7. The van der Waals surface area contributed by atoms with Gasteiger partial charge in [0.05, 0.1) is 14.2 Å². The molecule has 0 aromatic heterocycles. The zero-order valence-electron chi connectivity index (χ0n) is 8.99. The Morgan fingerprint density at radius 2 is 1.87 bits per heavy atom. The largest absolute Gasteiger partial charge is 0.496 e. The molecule has 0 aliphatic heterocycles. The molecule has 2 rings (SSSR count). The van der Waals surface area contributed by atoms with Crippen molar-refractivity contribution in [1.29, 1.82) is 0 Å². The van der Waals surface area contributed by atoms with Crippen molar-refractivity contribution < 1.29 is 9.47 Å². The van der Waals surface area contributed by atoms with Crippen LogP contribution in [-0.2, 0) is 0 Å². The first-order valence-electron chi connectivity index (χ1n) is 4.95. The van der Waals surface area contributed by atoms with E-state index in [1.54, 1.807) is 14.2 Å². The molecule has 2 N–H and O–H groups in total. The number of methoxy groups -OCH3 is 2. The van der Waals surface area contributed by atoms with E-state index in [-0.39, 0.29) is 5.92 Å². The first kappa shape index (κ1) is 10.1. The molecule has 3 nitrogen and oxygen atoms in total. The van der Waals surface area contributed by atoms with Crippen LogP contribution in [0, 0.1) is 0 Å². The fourth-order valence-electron chi connectivity index (χ4n) is 2.01. The molecule has 0 saturated heterocycles. The van der Waals surface area contributed by atoms with Gasteiger partial charge in [-0.25, -0.2) is 0 Å². The average Bonchev–Trinajstić information content (AvgIpc) is 2.71. The summed E-state index contributed by atoms with van der Waals surface area (Å²) < 4.78 is 10.6. The quantitative estimate of drug-likeness (QED) is 0.818. The third-order valence-corrected chi connectivity index (χ3v) is 2.77. The molecule has 0 amide bonds. The molecule has 0 heterocycles. The van der Waals surface area contributed by atoms with Crippen LogP contribution in [0.2, 0.25) is 0 Å². The molecule has 1 aromatic carbocycles. The number of hydrogen-bond donors (Lipinski definition) is 1. The van der Waals surface area contributed by atoms with Crippen molar-refractivity contribution in [1.82, 2.24) is 0 Å². The SMILES string of the molecule is COc1ccc(OC)c2c1C=CC2CN. The van der Waals surface area contributed by atoms with Gasteiger partial charge in [0.1, 0.15) is 11.5 Å². The van der Waals surface area contributed by atoms with Crippen LogP contribution in [0.5, 0.6) is 11.5 Å². The Morgan fingerprint density at radius 1 is 1.20 bits per heavy atom. The minimum Gasteiger partial charge on any atom is -0.496 e. The fourth-order valence-corrected chi connectivity index (χ4v) is 2.01. The van der Waals surface area contributed by atoms with Crippen LogP contribution in [-0.4, -0.2) is 20.8 Å². The fraction of sp³-hybridized carbons (Fsp3) is 0.333. The molecule has 1 atom stereocenters.